The van der Waals surface area contributed by atoms with E-state index >= 15 is 0 Å². The smallest absolute Gasteiger partial charge is 0.207 e. The minimum absolute atomic E-state index is 0. The first-order valence-electron chi connectivity index (χ1n) is 7.06. The summed E-state index contributed by atoms with van der Waals surface area (Å²) in [6.45, 7) is 6.97. The van der Waals surface area contributed by atoms with Crippen molar-refractivity contribution in [1.82, 2.24) is 5.32 Å². The van der Waals surface area contributed by atoms with Gasteiger partial charge >= 0.3 is 0 Å². The van der Waals surface area contributed by atoms with E-state index in [4.69, 9.17) is 5.73 Å². The molecular formula is C15H24ClN5. The fraction of sp³-hybridized carbons (Fsp3) is 0.467. The molecule has 0 bridgehead atoms. The molecule has 6 heteroatoms. The van der Waals surface area contributed by atoms with Gasteiger partial charge in [0.1, 0.15) is 0 Å². The van der Waals surface area contributed by atoms with Crippen LogP contribution in [-0.4, -0.2) is 24.1 Å². The van der Waals surface area contributed by atoms with E-state index in [9.17, 15) is 0 Å². The van der Waals surface area contributed by atoms with Gasteiger partial charge in [-0.25, -0.2) is 9.98 Å². The molecule has 1 aliphatic heterocycles. The number of rotatable bonds is 4. The molecule has 116 valence electrons. The van der Waals surface area contributed by atoms with Gasteiger partial charge in [-0.1, -0.05) is 31.5 Å². The normalized spacial score (nSPS) is 16.1. The van der Waals surface area contributed by atoms with Crippen molar-refractivity contribution in [2.75, 3.05) is 11.4 Å². The summed E-state index contributed by atoms with van der Waals surface area (Å²) >= 11 is 0. The van der Waals surface area contributed by atoms with Gasteiger partial charge in [-0.3, -0.25) is 5.32 Å². The lowest BCUT2D eigenvalue weighted by Crippen LogP contribution is -2.52. The molecule has 0 unspecified atom stereocenters. The summed E-state index contributed by atoms with van der Waals surface area (Å²) in [6, 6.07) is 10.2. The number of nitrogens with one attached hydrogen (secondary N) is 1. The first kappa shape index (κ1) is 17.3. The van der Waals surface area contributed by atoms with E-state index < -0.39 is 5.66 Å². The van der Waals surface area contributed by atoms with Crippen molar-refractivity contribution in [3.8, 4) is 0 Å². The third-order valence-electron chi connectivity index (χ3n) is 3.07. The number of unbranched alkanes of at least 4 members (excludes halogenated alkanes) is 1. The summed E-state index contributed by atoms with van der Waals surface area (Å²) in [6.07, 6.45) is 2.22. The minimum Gasteiger partial charge on any atom is -0.370 e. The number of nitrogens with zero attached hydrogens (tertiary/aromatic N) is 3. The largest absolute Gasteiger partial charge is 0.370 e. The molecule has 0 atom stereocenters. The molecule has 0 aliphatic carbocycles. The van der Waals surface area contributed by atoms with Crippen molar-refractivity contribution in [2.45, 2.75) is 39.3 Å². The Labute approximate surface area is 132 Å². The van der Waals surface area contributed by atoms with Crippen LogP contribution in [0.25, 0.3) is 0 Å². The third-order valence-corrected chi connectivity index (χ3v) is 3.07. The van der Waals surface area contributed by atoms with Crippen LogP contribution in [0.3, 0.4) is 0 Å². The molecule has 5 nitrogen and oxygen atoms in total. The van der Waals surface area contributed by atoms with Crippen molar-refractivity contribution in [3.05, 3.63) is 30.3 Å². The SMILES string of the molecule is CCCCN(C1=NC(C)(C)N=C(N)N1)c1ccccc1.Cl. The zero-order valence-electron chi connectivity index (χ0n) is 12.8. The Balaban J connectivity index is 0.00000220. The molecule has 0 fully saturated rings. The van der Waals surface area contributed by atoms with Crippen LogP contribution in [0.2, 0.25) is 0 Å². The molecular weight excluding hydrogens is 286 g/mol. The summed E-state index contributed by atoms with van der Waals surface area (Å²) in [5.74, 6) is 1.18. The van der Waals surface area contributed by atoms with Gasteiger partial charge in [0.05, 0.1) is 0 Å². The molecule has 21 heavy (non-hydrogen) atoms. The van der Waals surface area contributed by atoms with Gasteiger partial charge in [0.2, 0.25) is 5.96 Å². The van der Waals surface area contributed by atoms with Crippen LogP contribution in [0.15, 0.2) is 40.3 Å². The van der Waals surface area contributed by atoms with E-state index in [1.54, 1.807) is 0 Å². The predicted molar refractivity (Wildman–Crippen MR) is 92.2 cm³/mol. The highest BCUT2D eigenvalue weighted by molar-refractivity contribution is 6.07. The molecule has 1 aliphatic rings. The lowest BCUT2D eigenvalue weighted by molar-refractivity contribution is 0.537. The Hall–Kier alpha value is -1.75. The first-order valence-corrected chi connectivity index (χ1v) is 7.06. The maximum Gasteiger partial charge on any atom is 0.207 e. The molecule has 0 amide bonds. The Bertz CT molecular complexity index is 510. The van der Waals surface area contributed by atoms with Crippen molar-refractivity contribution in [2.24, 2.45) is 15.7 Å². The lowest BCUT2D eigenvalue weighted by atomic mass is 10.2. The predicted octanol–water partition coefficient (Wildman–Crippen LogP) is 2.72. The van der Waals surface area contributed by atoms with Crippen LogP contribution in [0.4, 0.5) is 5.69 Å². The van der Waals surface area contributed by atoms with Crippen LogP contribution < -0.4 is 16.0 Å². The zero-order chi connectivity index (χ0) is 14.6. The highest BCUT2D eigenvalue weighted by Crippen LogP contribution is 2.19. The van der Waals surface area contributed by atoms with Crippen LogP contribution in [-0.2, 0) is 0 Å². The minimum atomic E-state index is -0.524. The van der Waals surface area contributed by atoms with Crippen molar-refractivity contribution < 1.29 is 0 Å². The first-order chi connectivity index (χ1) is 9.52. The topological polar surface area (TPSA) is 66.0 Å². The van der Waals surface area contributed by atoms with Crippen molar-refractivity contribution in [3.63, 3.8) is 0 Å². The number of anilines is 1. The number of para-hydroxylation sites is 1. The zero-order valence-corrected chi connectivity index (χ0v) is 13.7. The summed E-state index contributed by atoms with van der Waals surface area (Å²) in [5.41, 5.74) is 6.46. The molecule has 2 rings (SSSR count). The molecule has 1 aromatic carbocycles. The van der Waals surface area contributed by atoms with Gasteiger partial charge in [0.25, 0.3) is 0 Å². The average Bonchev–Trinajstić information content (AvgIpc) is 2.38. The number of aliphatic imine (C=N–C) groups is 2. The number of hydrogen-bond acceptors (Lipinski definition) is 5. The summed E-state index contributed by atoms with van der Waals surface area (Å²) in [4.78, 5) is 11.1. The number of nitrogens with two attached hydrogens (primary N) is 1. The summed E-state index contributed by atoms with van der Waals surface area (Å²) < 4.78 is 0. The third kappa shape index (κ3) is 4.63. The fourth-order valence-corrected chi connectivity index (χ4v) is 2.16. The second-order valence-electron chi connectivity index (χ2n) is 5.39. The molecule has 0 radical (unpaired) electrons. The second kappa shape index (κ2) is 7.31. The standard InChI is InChI=1S/C15H23N5.ClH/c1-4-5-11-20(12-9-7-6-8-10-12)14-17-13(16)18-15(2,3)19-14;/h6-10H,4-5,11H2,1-3H3,(H3,16,17,18,19);1H. The Morgan fingerprint density at radius 3 is 2.43 bits per heavy atom. The van der Waals surface area contributed by atoms with E-state index in [1.807, 2.05) is 32.0 Å². The molecule has 0 aromatic heterocycles. The maximum atomic E-state index is 5.88. The molecule has 0 saturated heterocycles. The van der Waals surface area contributed by atoms with Gasteiger partial charge in [0, 0.05) is 12.2 Å². The fourth-order valence-electron chi connectivity index (χ4n) is 2.16. The van der Waals surface area contributed by atoms with Crippen molar-refractivity contribution in [1.29, 1.82) is 0 Å². The molecule has 1 aromatic rings. The molecule has 1 heterocycles. The van der Waals surface area contributed by atoms with Gasteiger partial charge in [0.15, 0.2) is 11.6 Å². The Kier molecular flexibility index (Phi) is 6.03. The summed E-state index contributed by atoms with van der Waals surface area (Å²) in [7, 11) is 0. The molecule has 0 saturated carbocycles. The van der Waals surface area contributed by atoms with Crippen LogP contribution >= 0.6 is 12.4 Å². The second-order valence-corrected chi connectivity index (χ2v) is 5.39. The van der Waals surface area contributed by atoms with Crippen LogP contribution in [0.1, 0.15) is 33.6 Å². The van der Waals surface area contributed by atoms with Crippen LogP contribution in [0.5, 0.6) is 0 Å². The summed E-state index contributed by atoms with van der Waals surface area (Å²) in [5, 5.41) is 3.08. The Morgan fingerprint density at radius 1 is 1.19 bits per heavy atom. The van der Waals surface area contributed by atoms with Crippen LogP contribution in [0, 0.1) is 0 Å². The average molecular weight is 310 g/mol. The lowest BCUT2D eigenvalue weighted by Gasteiger charge is -2.32. The van der Waals surface area contributed by atoms with Gasteiger partial charge in [-0.2, -0.15) is 0 Å². The van der Waals surface area contributed by atoms with E-state index in [0.29, 0.717) is 5.96 Å². The van der Waals surface area contributed by atoms with Gasteiger partial charge in [-0.05, 0) is 32.4 Å². The molecule has 0 spiro atoms. The highest BCUT2D eigenvalue weighted by atomic mass is 35.5. The van der Waals surface area contributed by atoms with Gasteiger partial charge in [-0.15, -0.1) is 12.4 Å². The van der Waals surface area contributed by atoms with E-state index in [1.165, 1.54) is 0 Å². The molecule has 3 N–H and O–H groups in total. The maximum absolute atomic E-state index is 5.88. The highest BCUT2D eigenvalue weighted by Gasteiger charge is 2.25. The van der Waals surface area contributed by atoms with E-state index in [0.717, 1.165) is 31.0 Å². The van der Waals surface area contributed by atoms with E-state index in [2.05, 4.69) is 39.3 Å². The number of benzene rings is 1. The van der Waals surface area contributed by atoms with Crippen molar-refractivity contribution >= 4 is 30.0 Å². The van der Waals surface area contributed by atoms with E-state index in [-0.39, 0.29) is 12.4 Å². The number of halogens is 1. The quantitative estimate of drug-likeness (QED) is 0.898. The monoisotopic (exact) mass is 309 g/mol. The van der Waals surface area contributed by atoms with Gasteiger partial charge < -0.3 is 10.6 Å². The number of guanidine groups is 2. The Morgan fingerprint density at radius 2 is 1.86 bits per heavy atom. The number of hydrogen-bond donors (Lipinski definition) is 2.